The summed E-state index contributed by atoms with van der Waals surface area (Å²) in [5, 5.41) is 11.7. The Morgan fingerprint density at radius 2 is 1.77 bits per heavy atom. The number of nitrogens with zero attached hydrogens (tertiary/aromatic N) is 4. The predicted molar refractivity (Wildman–Crippen MR) is 109 cm³/mol. The van der Waals surface area contributed by atoms with Crippen LogP contribution in [0.15, 0.2) is 59.6 Å². The Kier molecular flexibility index (Phi) is 5.46. The minimum absolute atomic E-state index is 0.209. The van der Waals surface area contributed by atoms with E-state index in [-0.39, 0.29) is 23.8 Å². The number of hydrogen-bond acceptors (Lipinski definition) is 6. The van der Waals surface area contributed by atoms with Gasteiger partial charge in [0.05, 0.1) is 10.4 Å². The van der Waals surface area contributed by atoms with Gasteiger partial charge < -0.3 is 0 Å². The molecule has 10 heteroatoms. The molecule has 1 saturated heterocycles. The summed E-state index contributed by atoms with van der Waals surface area (Å²) in [6.45, 7) is 1.83. The molecule has 1 aliphatic rings. The van der Waals surface area contributed by atoms with Crippen LogP contribution in [0, 0.1) is 15.9 Å². The molecule has 0 saturated carbocycles. The lowest BCUT2D eigenvalue weighted by molar-refractivity contribution is -0.387. The highest BCUT2D eigenvalue weighted by Crippen LogP contribution is 2.27. The fourth-order valence-corrected chi connectivity index (χ4v) is 5.24. The molecule has 0 unspecified atom stereocenters. The second-order valence-electron chi connectivity index (χ2n) is 7.01. The summed E-state index contributed by atoms with van der Waals surface area (Å²) in [7, 11) is -3.97. The molecule has 2 aromatic carbocycles. The fraction of sp³-hybridized carbons (Fsp3) is 0.250. The number of fused-ring (bicyclic) bond motifs is 1. The minimum atomic E-state index is -3.97. The van der Waals surface area contributed by atoms with Gasteiger partial charge in [-0.05, 0) is 29.8 Å². The van der Waals surface area contributed by atoms with Crippen molar-refractivity contribution in [2.75, 3.05) is 26.2 Å². The van der Waals surface area contributed by atoms with Gasteiger partial charge in [0.1, 0.15) is 5.82 Å². The van der Waals surface area contributed by atoms with E-state index in [4.69, 9.17) is 0 Å². The largest absolute Gasteiger partial charge is 0.296 e. The van der Waals surface area contributed by atoms with Crippen molar-refractivity contribution in [2.24, 2.45) is 0 Å². The van der Waals surface area contributed by atoms with E-state index in [0.717, 1.165) is 5.56 Å². The number of nitro groups is 1. The van der Waals surface area contributed by atoms with Crippen LogP contribution in [0.25, 0.3) is 10.9 Å². The van der Waals surface area contributed by atoms with E-state index in [9.17, 15) is 22.9 Å². The highest BCUT2D eigenvalue weighted by Gasteiger charge is 2.33. The van der Waals surface area contributed by atoms with Gasteiger partial charge in [0.2, 0.25) is 10.0 Å². The molecular weight excluding hydrogens is 411 g/mol. The number of pyridine rings is 1. The first-order valence-corrected chi connectivity index (χ1v) is 10.8. The molecule has 3 aromatic rings. The Labute approximate surface area is 172 Å². The van der Waals surface area contributed by atoms with Gasteiger partial charge in [0.25, 0.3) is 5.69 Å². The van der Waals surface area contributed by atoms with Crippen molar-refractivity contribution in [3.8, 4) is 0 Å². The number of rotatable bonds is 5. The zero-order valence-corrected chi connectivity index (χ0v) is 16.8. The van der Waals surface area contributed by atoms with Crippen molar-refractivity contribution in [2.45, 2.75) is 11.4 Å². The van der Waals surface area contributed by atoms with Crippen molar-refractivity contribution in [1.29, 1.82) is 0 Å². The summed E-state index contributed by atoms with van der Waals surface area (Å²) in [5.41, 5.74) is 1.03. The monoisotopic (exact) mass is 430 g/mol. The summed E-state index contributed by atoms with van der Waals surface area (Å²) in [6, 6.07) is 11.8. The normalized spacial score (nSPS) is 16.0. The van der Waals surface area contributed by atoms with Crippen LogP contribution in [0.4, 0.5) is 10.1 Å². The third kappa shape index (κ3) is 3.76. The molecule has 4 rings (SSSR count). The number of para-hydroxylation sites is 1. The maximum absolute atomic E-state index is 14.0. The van der Waals surface area contributed by atoms with Crippen LogP contribution in [-0.2, 0) is 16.6 Å². The van der Waals surface area contributed by atoms with E-state index < -0.39 is 20.6 Å². The van der Waals surface area contributed by atoms with E-state index in [1.165, 1.54) is 34.6 Å². The molecule has 0 N–H and O–H groups in total. The SMILES string of the molecule is O=[N+]([O-])c1ccccc1S(=O)(=O)N1CCN(Cc2ccc(F)c3cccnc23)CC1. The molecule has 0 radical (unpaired) electrons. The summed E-state index contributed by atoms with van der Waals surface area (Å²) in [5.74, 6) is -0.331. The van der Waals surface area contributed by atoms with Gasteiger partial charge in [-0.15, -0.1) is 0 Å². The van der Waals surface area contributed by atoms with Crippen molar-refractivity contribution >= 4 is 26.6 Å². The number of hydrogen-bond donors (Lipinski definition) is 0. The molecule has 1 fully saturated rings. The summed E-state index contributed by atoms with van der Waals surface area (Å²) in [6.07, 6.45) is 1.61. The van der Waals surface area contributed by atoms with Crippen molar-refractivity contribution in [3.63, 3.8) is 0 Å². The van der Waals surface area contributed by atoms with Crippen LogP contribution < -0.4 is 0 Å². The van der Waals surface area contributed by atoms with Crippen LogP contribution in [0.1, 0.15) is 5.56 Å². The second kappa shape index (κ2) is 8.05. The maximum Gasteiger partial charge on any atom is 0.289 e. The van der Waals surface area contributed by atoms with Gasteiger partial charge in [-0.1, -0.05) is 18.2 Å². The number of aromatic nitrogens is 1. The van der Waals surface area contributed by atoms with Crippen LogP contribution >= 0.6 is 0 Å². The average Bonchev–Trinajstić information content (AvgIpc) is 2.76. The molecular formula is C20H19FN4O4S. The van der Waals surface area contributed by atoms with Crippen LogP contribution in [0.2, 0.25) is 0 Å². The highest BCUT2D eigenvalue weighted by atomic mass is 32.2. The molecule has 30 heavy (non-hydrogen) atoms. The van der Waals surface area contributed by atoms with Crippen LogP contribution in [0.3, 0.4) is 0 Å². The maximum atomic E-state index is 14.0. The summed E-state index contributed by atoms with van der Waals surface area (Å²) >= 11 is 0. The van der Waals surface area contributed by atoms with E-state index >= 15 is 0 Å². The lowest BCUT2D eigenvalue weighted by atomic mass is 10.1. The van der Waals surface area contributed by atoms with Crippen LogP contribution in [-0.4, -0.2) is 53.7 Å². The molecule has 0 aliphatic carbocycles. The molecule has 156 valence electrons. The second-order valence-corrected chi connectivity index (χ2v) is 8.92. The number of halogens is 1. The molecule has 1 aliphatic heterocycles. The van der Waals surface area contributed by atoms with E-state index in [1.54, 1.807) is 24.4 Å². The average molecular weight is 430 g/mol. The molecule has 0 bridgehead atoms. The van der Waals surface area contributed by atoms with Gasteiger partial charge >= 0.3 is 0 Å². The summed E-state index contributed by atoms with van der Waals surface area (Å²) in [4.78, 5) is 16.6. The third-order valence-corrected chi connectivity index (χ3v) is 7.15. The summed E-state index contributed by atoms with van der Waals surface area (Å²) < 4.78 is 41.2. The highest BCUT2D eigenvalue weighted by molar-refractivity contribution is 7.89. The molecule has 1 aromatic heterocycles. The Hall–Kier alpha value is -2.95. The molecule has 0 amide bonds. The zero-order chi connectivity index (χ0) is 21.3. The van der Waals surface area contributed by atoms with Gasteiger partial charge in [-0.3, -0.25) is 20.0 Å². The molecule has 2 heterocycles. The molecule has 0 spiro atoms. The first-order valence-electron chi connectivity index (χ1n) is 9.36. The molecule has 0 atom stereocenters. The lowest BCUT2D eigenvalue weighted by Crippen LogP contribution is -2.48. The predicted octanol–water partition coefficient (Wildman–Crippen LogP) is 2.79. The standard InChI is InChI=1S/C20H19FN4O4S/c21-17-8-7-15(20-16(17)4-3-9-22-20)14-23-10-12-24(13-11-23)30(28,29)19-6-2-1-5-18(19)25(26)27/h1-9H,10-14H2. The Morgan fingerprint density at radius 3 is 2.50 bits per heavy atom. The number of nitro benzene ring substituents is 1. The first-order chi connectivity index (χ1) is 14.4. The van der Waals surface area contributed by atoms with Gasteiger partial charge in [0.15, 0.2) is 4.90 Å². The number of piperazine rings is 1. The van der Waals surface area contributed by atoms with Crippen molar-refractivity contribution in [1.82, 2.24) is 14.2 Å². The Balaban J connectivity index is 1.50. The van der Waals surface area contributed by atoms with Gasteiger partial charge in [0, 0.05) is 50.4 Å². The van der Waals surface area contributed by atoms with Crippen LogP contribution in [0.5, 0.6) is 0 Å². The van der Waals surface area contributed by atoms with Gasteiger partial charge in [-0.25, -0.2) is 12.8 Å². The number of benzene rings is 2. The van der Waals surface area contributed by atoms with Gasteiger partial charge in [-0.2, -0.15) is 4.31 Å². The smallest absolute Gasteiger partial charge is 0.289 e. The lowest BCUT2D eigenvalue weighted by Gasteiger charge is -2.34. The van der Waals surface area contributed by atoms with E-state index in [0.29, 0.717) is 30.5 Å². The van der Waals surface area contributed by atoms with Crippen molar-refractivity contribution in [3.05, 3.63) is 76.2 Å². The first kappa shape index (κ1) is 20.3. The fourth-order valence-electron chi connectivity index (χ4n) is 3.66. The zero-order valence-electron chi connectivity index (χ0n) is 15.9. The van der Waals surface area contributed by atoms with E-state index in [1.807, 2.05) is 0 Å². The molecule has 8 nitrogen and oxygen atoms in total. The minimum Gasteiger partial charge on any atom is -0.296 e. The number of sulfonamides is 1. The Bertz CT molecular complexity index is 1210. The third-order valence-electron chi connectivity index (χ3n) is 5.21. The Morgan fingerprint density at radius 1 is 1.03 bits per heavy atom. The van der Waals surface area contributed by atoms with E-state index in [2.05, 4.69) is 9.88 Å². The topological polar surface area (TPSA) is 96.6 Å². The quantitative estimate of drug-likeness (QED) is 0.456. The van der Waals surface area contributed by atoms with Crippen molar-refractivity contribution < 1.29 is 17.7 Å².